The van der Waals surface area contributed by atoms with Crippen LogP contribution < -0.4 is 0 Å². The summed E-state index contributed by atoms with van der Waals surface area (Å²) in [6.45, 7) is 1.91. The van der Waals surface area contributed by atoms with Crippen LogP contribution in [0.4, 0.5) is 0 Å². The van der Waals surface area contributed by atoms with Crippen LogP contribution in [0.1, 0.15) is 36.3 Å². The smallest absolute Gasteiger partial charge is 0.323 e. The molecule has 1 amide bonds. The van der Waals surface area contributed by atoms with E-state index in [1.165, 1.54) is 11.1 Å². The molecule has 20 heavy (non-hydrogen) atoms. The third-order valence-electron chi connectivity index (χ3n) is 4.27. The summed E-state index contributed by atoms with van der Waals surface area (Å²) in [6, 6.07) is 8.30. The van der Waals surface area contributed by atoms with Gasteiger partial charge < -0.3 is 10.0 Å². The Labute approximate surface area is 118 Å². The van der Waals surface area contributed by atoms with E-state index in [1.807, 2.05) is 12.1 Å². The van der Waals surface area contributed by atoms with Gasteiger partial charge in [-0.05, 0) is 43.2 Å². The summed E-state index contributed by atoms with van der Waals surface area (Å²) in [7, 11) is 0. The van der Waals surface area contributed by atoms with Crippen LogP contribution in [0.3, 0.4) is 0 Å². The van der Waals surface area contributed by atoms with Gasteiger partial charge in [0.2, 0.25) is 5.91 Å². The number of carboxylic acids is 1. The van der Waals surface area contributed by atoms with Gasteiger partial charge in [-0.15, -0.1) is 0 Å². The average molecular weight is 273 g/mol. The Morgan fingerprint density at radius 2 is 2.00 bits per heavy atom. The molecule has 2 unspecified atom stereocenters. The number of amides is 1. The van der Waals surface area contributed by atoms with Crippen LogP contribution in [0.15, 0.2) is 24.3 Å². The number of carbonyl (C=O) groups is 2. The van der Waals surface area contributed by atoms with Crippen LogP contribution in [-0.4, -0.2) is 34.5 Å². The highest BCUT2D eigenvalue weighted by Gasteiger charge is 2.48. The van der Waals surface area contributed by atoms with Crippen molar-refractivity contribution in [3.05, 3.63) is 35.4 Å². The molecule has 0 spiro atoms. The summed E-state index contributed by atoms with van der Waals surface area (Å²) in [5.74, 6) is -0.628. The van der Waals surface area contributed by atoms with E-state index in [2.05, 4.69) is 19.1 Å². The summed E-state index contributed by atoms with van der Waals surface area (Å²) < 4.78 is 0. The maximum Gasteiger partial charge on any atom is 0.323 e. The van der Waals surface area contributed by atoms with Crippen molar-refractivity contribution in [1.82, 2.24) is 4.90 Å². The van der Waals surface area contributed by atoms with Crippen molar-refractivity contribution < 1.29 is 14.7 Å². The summed E-state index contributed by atoms with van der Waals surface area (Å²) in [6.07, 6.45) is 2.74. The van der Waals surface area contributed by atoms with Crippen LogP contribution >= 0.6 is 0 Å². The van der Waals surface area contributed by atoms with Gasteiger partial charge in [-0.2, -0.15) is 0 Å². The van der Waals surface area contributed by atoms with E-state index in [-0.39, 0.29) is 30.3 Å². The maximum absolute atomic E-state index is 12.5. The molecule has 2 fully saturated rings. The van der Waals surface area contributed by atoms with Gasteiger partial charge in [0.05, 0.1) is 0 Å². The van der Waals surface area contributed by atoms with Crippen LogP contribution in [0, 0.1) is 12.8 Å². The fourth-order valence-corrected chi connectivity index (χ4v) is 2.95. The monoisotopic (exact) mass is 273 g/mol. The first-order valence-electron chi connectivity index (χ1n) is 7.15. The molecule has 0 bridgehead atoms. The first kappa shape index (κ1) is 13.2. The molecule has 1 aromatic rings. The van der Waals surface area contributed by atoms with E-state index < -0.39 is 5.97 Å². The predicted molar refractivity (Wildman–Crippen MR) is 74.4 cm³/mol. The second-order valence-corrected chi connectivity index (χ2v) is 5.90. The zero-order valence-corrected chi connectivity index (χ0v) is 11.6. The van der Waals surface area contributed by atoms with Crippen molar-refractivity contribution in [1.29, 1.82) is 0 Å². The standard InChI is InChI=1S/C16H19NO3/c1-10-4-2-3-5-12(10)13-8-14(13)16(20)17(9-15(18)19)11-6-7-11/h2-5,11,13-14H,6-9H2,1H3,(H,18,19). The van der Waals surface area contributed by atoms with Crippen molar-refractivity contribution in [3.8, 4) is 0 Å². The highest BCUT2D eigenvalue weighted by molar-refractivity contribution is 5.86. The molecule has 0 radical (unpaired) electrons. The van der Waals surface area contributed by atoms with E-state index in [0.717, 1.165) is 19.3 Å². The molecular weight excluding hydrogens is 254 g/mol. The minimum atomic E-state index is -0.918. The van der Waals surface area contributed by atoms with Crippen molar-refractivity contribution in [2.24, 2.45) is 5.92 Å². The molecule has 0 saturated heterocycles. The van der Waals surface area contributed by atoms with Gasteiger partial charge in [0.15, 0.2) is 0 Å². The number of carbonyl (C=O) groups excluding carboxylic acids is 1. The molecule has 0 aliphatic heterocycles. The Morgan fingerprint density at radius 1 is 1.30 bits per heavy atom. The molecule has 2 aliphatic rings. The second-order valence-electron chi connectivity index (χ2n) is 5.90. The third kappa shape index (κ3) is 2.55. The van der Waals surface area contributed by atoms with Crippen molar-refractivity contribution in [3.63, 3.8) is 0 Å². The van der Waals surface area contributed by atoms with E-state index >= 15 is 0 Å². The van der Waals surface area contributed by atoms with Gasteiger partial charge in [0.25, 0.3) is 0 Å². The summed E-state index contributed by atoms with van der Waals surface area (Å²) >= 11 is 0. The van der Waals surface area contributed by atoms with Crippen LogP contribution in [0.5, 0.6) is 0 Å². The fraction of sp³-hybridized carbons (Fsp3) is 0.500. The van der Waals surface area contributed by atoms with Gasteiger partial charge in [-0.1, -0.05) is 24.3 Å². The lowest BCUT2D eigenvalue weighted by molar-refractivity contribution is -0.145. The topological polar surface area (TPSA) is 57.6 Å². The minimum Gasteiger partial charge on any atom is -0.480 e. The Bertz CT molecular complexity index is 550. The van der Waals surface area contributed by atoms with Gasteiger partial charge in [0, 0.05) is 12.0 Å². The summed E-state index contributed by atoms with van der Waals surface area (Å²) in [4.78, 5) is 25.0. The van der Waals surface area contributed by atoms with Crippen LogP contribution in [0.25, 0.3) is 0 Å². The average Bonchev–Trinajstić information content (AvgIpc) is 3.26. The second kappa shape index (κ2) is 4.93. The van der Waals surface area contributed by atoms with Gasteiger partial charge in [-0.3, -0.25) is 9.59 Å². The van der Waals surface area contributed by atoms with Gasteiger partial charge >= 0.3 is 5.97 Å². The van der Waals surface area contributed by atoms with E-state index in [1.54, 1.807) is 4.90 Å². The fourth-order valence-electron chi connectivity index (χ4n) is 2.95. The normalized spacial score (nSPS) is 24.2. The number of hydrogen-bond acceptors (Lipinski definition) is 2. The molecule has 106 valence electrons. The van der Waals surface area contributed by atoms with Gasteiger partial charge in [0.1, 0.15) is 6.54 Å². The Balaban J connectivity index is 1.70. The number of nitrogens with zero attached hydrogens (tertiary/aromatic N) is 1. The molecule has 2 atom stereocenters. The highest BCUT2D eigenvalue weighted by atomic mass is 16.4. The lowest BCUT2D eigenvalue weighted by Crippen LogP contribution is -2.38. The zero-order chi connectivity index (χ0) is 14.3. The van der Waals surface area contributed by atoms with E-state index in [9.17, 15) is 9.59 Å². The number of benzene rings is 1. The SMILES string of the molecule is Cc1ccccc1C1CC1C(=O)N(CC(=O)O)C1CC1. The largest absolute Gasteiger partial charge is 0.480 e. The Morgan fingerprint density at radius 3 is 2.60 bits per heavy atom. The summed E-state index contributed by atoms with van der Waals surface area (Å²) in [5.41, 5.74) is 2.45. The Hall–Kier alpha value is -1.84. The molecule has 1 aromatic carbocycles. The molecule has 4 heteroatoms. The maximum atomic E-state index is 12.5. The van der Waals surface area contributed by atoms with Crippen molar-refractivity contribution in [2.45, 2.75) is 38.1 Å². The molecule has 3 rings (SSSR count). The first-order valence-corrected chi connectivity index (χ1v) is 7.15. The highest BCUT2D eigenvalue weighted by Crippen LogP contribution is 2.50. The van der Waals surface area contributed by atoms with Crippen LogP contribution in [0.2, 0.25) is 0 Å². The Kier molecular flexibility index (Phi) is 3.24. The molecule has 0 heterocycles. The lowest BCUT2D eigenvalue weighted by Gasteiger charge is -2.20. The molecular formula is C16H19NO3. The molecule has 0 aromatic heterocycles. The third-order valence-corrected chi connectivity index (χ3v) is 4.27. The number of aryl methyl sites for hydroxylation is 1. The van der Waals surface area contributed by atoms with E-state index in [0.29, 0.717) is 0 Å². The number of aliphatic carboxylic acids is 1. The number of carboxylic acid groups (broad SMARTS) is 1. The molecule has 4 nitrogen and oxygen atoms in total. The molecule has 2 saturated carbocycles. The molecule has 1 N–H and O–H groups in total. The lowest BCUT2D eigenvalue weighted by atomic mass is 10.0. The summed E-state index contributed by atoms with van der Waals surface area (Å²) in [5, 5.41) is 8.94. The van der Waals surface area contributed by atoms with E-state index in [4.69, 9.17) is 5.11 Å². The minimum absolute atomic E-state index is 0.0175. The van der Waals surface area contributed by atoms with Crippen LogP contribution in [-0.2, 0) is 9.59 Å². The van der Waals surface area contributed by atoms with Crippen molar-refractivity contribution in [2.75, 3.05) is 6.54 Å². The quantitative estimate of drug-likeness (QED) is 0.894. The van der Waals surface area contributed by atoms with Crippen molar-refractivity contribution >= 4 is 11.9 Å². The number of rotatable bonds is 5. The first-order chi connectivity index (χ1) is 9.58. The van der Waals surface area contributed by atoms with Gasteiger partial charge in [-0.25, -0.2) is 0 Å². The predicted octanol–water partition coefficient (Wildman–Crippen LogP) is 2.17. The molecule has 2 aliphatic carbocycles. The number of hydrogen-bond donors (Lipinski definition) is 1. The zero-order valence-electron chi connectivity index (χ0n) is 11.6.